The van der Waals surface area contributed by atoms with Gasteiger partial charge in [0, 0.05) is 31.4 Å². The molecule has 0 saturated carbocycles. The zero-order chi connectivity index (χ0) is 12.8. The molecule has 0 bridgehead atoms. The molecule has 1 atom stereocenters. The van der Waals surface area contributed by atoms with Crippen LogP contribution in [0.4, 0.5) is 5.69 Å². The number of benzene rings is 1. The highest BCUT2D eigenvalue weighted by Gasteiger charge is 2.20. The van der Waals surface area contributed by atoms with Gasteiger partial charge in [0.1, 0.15) is 0 Å². The molecule has 1 aromatic carbocycles. The fraction of sp³-hybridized carbons (Fsp3) is 0.625. The van der Waals surface area contributed by atoms with Gasteiger partial charge in [-0.05, 0) is 24.5 Å². The lowest BCUT2D eigenvalue weighted by Crippen LogP contribution is -2.38. The Balaban J connectivity index is 2.20. The molecule has 0 saturated heterocycles. The first kappa shape index (κ1) is 13.4. The number of fused-ring (bicyclic) bond motifs is 1. The minimum absolute atomic E-state index is 0.700. The molecule has 1 N–H and O–H groups in total. The van der Waals surface area contributed by atoms with Gasteiger partial charge < -0.3 is 10.2 Å². The van der Waals surface area contributed by atoms with E-state index in [1.54, 1.807) is 0 Å². The molecule has 0 aromatic heterocycles. The van der Waals surface area contributed by atoms with Crippen molar-refractivity contribution >= 4 is 5.69 Å². The number of para-hydroxylation sites is 1. The number of hydrogen-bond acceptors (Lipinski definition) is 2. The highest BCUT2D eigenvalue weighted by atomic mass is 15.2. The summed E-state index contributed by atoms with van der Waals surface area (Å²) in [5.41, 5.74) is 2.90. The monoisotopic (exact) mass is 246 g/mol. The Morgan fingerprint density at radius 1 is 1.28 bits per heavy atom. The Hall–Kier alpha value is -1.02. The Morgan fingerprint density at radius 3 is 2.89 bits per heavy atom. The maximum absolute atomic E-state index is 3.53. The summed E-state index contributed by atoms with van der Waals surface area (Å²) in [6, 6.07) is 9.57. The number of anilines is 1. The normalized spacial score (nSPS) is 17.1. The Morgan fingerprint density at radius 2 is 2.11 bits per heavy atom. The second-order valence-electron chi connectivity index (χ2n) is 5.20. The van der Waals surface area contributed by atoms with Crippen molar-refractivity contribution in [2.45, 2.75) is 52.1 Å². The minimum atomic E-state index is 0.700. The third-order valence-corrected chi connectivity index (χ3v) is 3.95. The summed E-state index contributed by atoms with van der Waals surface area (Å²) in [5, 5.41) is 3.53. The lowest BCUT2D eigenvalue weighted by Gasteiger charge is -2.33. The van der Waals surface area contributed by atoms with Crippen LogP contribution in [0.25, 0.3) is 0 Å². The fourth-order valence-electron chi connectivity index (χ4n) is 2.88. The van der Waals surface area contributed by atoms with Gasteiger partial charge in [-0.1, -0.05) is 44.9 Å². The molecule has 2 nitrogen and oxygen atoms in total. The third-order valence-electron chi connectivity index (χ3n) is 3.95. The molecule has 0 amide bonds. The van der Waals surface area contributed by atoms with Gasteiger partial charge >= 0.3 is 0 Å². The van der Waals surface area contributed by atoms with Gasteiger partial charge in [0.15, 0.2) is 0 Å². The van der Waals surface area contributed by atoms with Crippen molar-refractivity contribution < 1.29 is 0 Å². The van der Waals surface area contributed by atoms with Crippen molar-refractivity contribution in [2.75, 3.05) is 18.0 Å². The third kappa shape index (κ3) is 3.05. The van der Waals surface area contributed by atoms with Crippen LogP contribution >= 0.6 is 0 Å². The lowest BCUT2D eigenvalue weighted by atomic mass is 10.0. The van der Waals surface area contributed by atoms with Gasteiger partial charge in [-0.25, -0.2) is 0 Å². The first-order valence-corrected chi connectivity index (χ1v) is 7.42. The van der Waals surface area contributed by atoms with E-state index in [4.69, 9.17) is 0 Å². The number of nitrogens with zero attached hydrogens (tertiary/aromatic N) is 1. The van der Waals surface area contributed by atoms with Gasteiger partial charge in [0.05, 0.1) is 0 Å². The van der Waals surface area contributed by atoms with Crippen LogP contribution in [0, 0.1) is 0 Å². The second kappa shape index (κ2) is 6.79. The first-order valence-electron chi connectivity index (χ1n) is 7.42. The Labute approximate surface area is 111 Å². The molecule has 1 aromatic rings. The van der Waals surface area contributed by atoms with Crippen molar-refractivity contribution in [1.82, 2.24) is 5.32 Å². The predicted molar refractivity (Wildman–Crippen MR) is 79.1 cm³/mol. The number of unbranched alkanes of at least 4 members (excludes halogenated alkanes) is 1. The zero-order valence-corrected chi connectivity index (χ0v) is 11.8. The van der Waals surface area contributed by atoms with E-state index >= 15 is 0 Å². The molecule has 1 unspecified atom stereocenters. The summed E-state index contributed by atoms with van der Waals surface area (Å²) in [7, 11) is 0. The van der Waals surface area contributed by atoms with Crippen molar-refractivity contribution in [3.05, 3.63) is 29.8 Å². The number of hydrogen-bond donors (Lipinski definition) is 1. The summed E-state index contributed by atoms with van der Waals surface area (Å²) >= 11 is 0. The summed E-state index contributed by atoms with van der Waals surface area (Å²) in [4.78, 5) is 2.63. The SMILES string of the molecule is CCCCC(CC)N1CCNCc2ccccc21. The minimum Gasteiger partial charge on any atom is -0.367 e. The van der Waals surface area contributed by atoms with E-state index in [1.165, 1.54) is 36.9 Å². The average Bonchev–Trinajstić information content (AvgIpc) is 2.63. The molecule has 0 radical (unpaired) electrons. The van der Waals surface area contributed by atoms with Crippen LogP contribution in [0.15, 0.2) is 24.3 Å². The Kier molecular flexibility index (Phi) is 5.06. The molecular weight excluding hydrogens is 220 g/mol. The average molecular weight is 246 g/mol. The van der Waals surface area contributed by atoms with Crippen LogP contribution in [0.5, 0.6) is 0 Å². The topological polar surface area (TPSA) is 15.3 Å². The van der Waals surface area contributed by atoms with E-state index in [1.807, 2.05) is 0 Å². The highest BCUT2D eigenvalue weighted by molar-refractivity contribution is 5.55. The van der Waals surface area contributed by atoms with Crippen LogP contribution in [-0.4, -0.2) is 19.1 Å². The van der Waals surface area contributed by atoms with Crippen molar-refractivity contribution in [3.8, 4) is 0 Å². The molecule has 2 heteroatoms. The lowest BCUT2D eigenvalue weighted by molar-refractivity contribution is 0.511. The molecule has 0 aliphatic carbocycles. The summed E-state index contributed by atoms with van der Waals surface area (Å²) in [5.74, 6) is 0. The van der Waals surface area contributed by atoms with E-state index in [0.717, 1.165) is 19.6 Å². The van der Waals surface area contributed by atoms with Crippen molar-refractivity contribution in [2.24, 2.45) is 0 Å². The van der Waals surface area contributed by atoms with E-state index in [2.05, 4.69) is 48.3 Å². The molecular formula is C16H26N2. The van der Waals surface area contributed by atoms with Gasteiger partial charge in [-0.15, -0.1) is 0 Å². The molecule has 1 heterocycles. The van der Waals surface area contributed by atoms with Crippen molar-refractivity contribution in [1.29, 1.82) is 0 Å². The van der Waals surface area contributed by atoms with E-state index in [-0.39, 0.29) is 0 Å². The molecule has 1 aliphatic rings. The summed E-state index contributed by atoms with van der Waals surface area (Å²) in [6.07, 6.45) is 5.20. The highest BCUT2D eigenvalue weighted by Crippen LogP contribution is 2.26. The number of nitrogens with one attached hydrogen (secondary N) is 1. The van der Waals surface area contributed by atoms with Gasteiger partial charge in [0.2, 0.25) is 0 Å². The smallest absolute Gasteiger partial charge is 0.0414 e. The first-order chi connectivity index (χ1) is 8.86. The fourth-order valence-corrected chi connectivity index (χ4v) is 2.88. The maximum atomic E-state index is 3.53. The molecule has 2 rings (SSSR count). The second-order valence-corrected chi connectivity index (χ2v) is 5.20. The van der Waals surface area contributed by atoms with Crippen LogP contribution in [0.2, 0.25) is 0 Å². The maximum Gasteiger partial charge on any atom is 0.0414 e. The van der Waals surface area contributed by atoms with Crippen LogP contribution < -0.4 is 10.2 Å². The largest absolute Gasteiger partial charge is 0.367 e. The van der Waals surface area contributed by atoms with Gasteiger partial charge in [-0.2, -0.15) is 0 Å². The van der Waals surface area contributed by atoms with Gasteiger partial charge in [0.25, 0.3) is 0 Å². The van der Waals surface area contributed by atoms with Crippen molar-refractivity contribution in [3.63, 3.8) is 0 Å². The van der Waals surface area contributed by atoms with Gasteiger partial charge in [-0.3, -0.25) is 0 Å². The van der Waals surface area contributed by atoms with E-state index < -0.39 is 0 Å². The standard InChI is InChI=1S/C16H26N2/c1-3-5-9-15(4-2)18-12-11-17-13-14-8-6-7-10-16(14)18/h6-8,10,15,17H,3-5,9,11-13H2,1-2H3. The van der Waals surface area contributed by atoms with Crippen LogP contribution in [0.1, 0.15) is 45.1 Å². The number of rotatable bonds is 5. The molecule has 100 valence electrons. The molecule has 18 heavy (non-hydrogen) atoms. The molecule has 0 fully saturated rings. The summed E-state index contributed by atoms with van der Waals surface area (Å²) in [6.45, 7) is 7.85. The quantitative estimate of drug-likeness (QED) is 0.854. The van der Waals surface area contributed by atoms with E-state index in [0.29, 0.717) is 6.04 Å². The molecule has 0 spiro atoms. The Bertz CT molecular complexity index is 362. The zero-order valence-electron chi connectivity index (χ0n) is 11.8. The van der Waals surface area contributed by atoms with Crippen LogP contribution in [0.3, 0.4) is 0 Å². The summed E-state index contributed by atoms with van der Waals surface area (Å²) < 4.78 is 0. The predicted octanol–water partition coefficient (Wildman–Crippen LogP) is 3.57. The van der Waals surface area contributed by atoms with E-state index in [9.17, 15) is 0 Å². The van der Waals surface area contributed by atoms with Crippen LogP contribution in [-0.2, 0) is 6.54 Å². The molecule has 1 aliphatic heterocycles.